The summed E-state index contributed by atoms with van der Waals surface area (Å²) in [4.78, 5) is 37.8. The van der Waals surface area contributed by atoms with Crippen molar-refractivity contribution in [1.29, 1.82) is 0 Å². The lowest BCUT2D eigenvalue weighted by Crippen LogP contribution is -2.28. The quantitative estimate of drug-likeness (QED) is 0.436. The van der Waals surface area contributed by atoms with Gasteiger partial charge in [0.2, 0.25) is 5.91 Å². The van der Waals surface area contributed by atoms with Gasteiger partial charge in [0.25, 0.3) is 5.91 Å². The van der Waals surface area contributed by atoms with E-state index in [1.165, 1.54) is 17.7 Å². The van der Waals surface area contributed by atoms with Crippen molar-refractivity contribution in [2.75, 3.05) is 12.4 Å². The van der Waals surface area contributed by atoms with E-state index in [-0.39, 0.29) is 12.5 Å². The van der Waals surface area contributed by atoms with Gasteiger partial charge in [0.05, 0.1) is 18.4 Å². The van der Waals surface area contributed by atoms with Crippen LogP contribution in [0.3, 0.4) is 0 Å². The maximum Gasteiger partial charge on any atom is 0.350 e. The van der Waals surface area contributed by atoms with E-state index in [0.29, 0.717) is 34.2 Å². The van der Waals surface area contributed by atoms with Gasteiger partial charge in [-0.3, -0.25) is 9.59 Å². The van der Waals surface area contributed by atoms with Crippen molar-refractivity contribution >= 4 is 34.7 Å². The molecular weight excluding hydrogens is 446 g/mol. The molecule has 2 aromatic carbocycles. The fourth-order valence-corrected chi connectivity index (χ4v) is 3.41. The molecule has 4 aromatic rings. The Bertz CT molecular complexity index is 1380. The summed E-state index contributed by atoms with van der Waals surface area (Å²) in [6.07, 6.45) is 1.40. The number of carbonyl (C=O) groups is 2. The molecule has 2 aromatic heterocycles. The molecule has 9 nitrogen and oxygen atoms in total. The molecule has 0 unspecified atom stereocenters. The number of rotatable bonds is 7. The average Bonchev–Trinajstić information content (AvgIpc) is 3.12. The summed E-state index contributed by atoms with van der Waals surface area (Å²) in [6.45, 7) is 0.0325. The number of aromatic nitrogens is 3. The molecule has 4 rings (SSSR count). The SMILES string of the molecule is COc1ccc(Cl)cc1NC(=O)Cn1nc2ccc(C(=O)NCc3ccccc3)cn2c1=O. The van der Waals surface area contributed by atoms with Crippen LogP contribution in [0.5, 0.6) is 5.75 Å². The number of carbonyl (C=O) groups excluding carboxylic acids is 2. The molecule has 0 radical (unpaired) electrons. The largest absolute Gasteiger partial charge is 0.495 e. The zero-order valence-corrected chi connectivity index (χ0v) is 18.4. The number of methoxy groups -OCH3 is 1. The second-order valence-corrected chi connectivity index (χ2v) is 7.58. The molecule has 0 aliphatic rings. The highest BCUT2D eigenvalue weighted by molar-refractivity contribution is 6.31. The number of anilines is 1. The number of hydrogen-bond donors (Lipinski definition) is 2. The highest BCUT2D eigenvalue weighted by atomic mass is 35.5. The van der Waals surface area contributed by atoms with Gasteiger partial charge in [0.1, 0.15) is 12.3 Å². The Balaban J connectivity index is 1.49. The number of pyridine rings is 1. The molecule has 0 spiro atoms. The predicted molar refractivity (Wildman–Crippen MR) is 124 cm³/mol. The molecule has 0 saturated carbocycles. The van der Waals surface area contributed by atoms with Crippen molar-refractivity contribution in [3.05, 3.63) is 93.5 Å². The number of nitrogens with zero attached hydrogens (tertiary/aromatic N) is 3. The van der Waals surface area contributed by atoms with Crippen molar-refractivity contribution in [2.24, 2.45) is 0 Å². The van der Waals surface area contributed by atoms with Crippen LogP contribution in [0.2, 0.25) is 5.02 Å². The summed E-state index contributed by atoms with van der Waals surface area (Å²) in [5.74, 6) is -0.380. The van der Waals surface area contributed by atoms with Crippen LogP contribution in [0.15, 0.2) is 71.7 Å². The van der Waals surface area contributed by atoms with Crippen molar-refractivity contribution < 1.29 is 14.3 Å². The van der Waals surface area contributed by atoms with Crippen LogP contribution in [0.1, 0.15) is 15.9 Å². The van der Waals surface area contributed by atoms with E-state index in [4.69, 9.17) is 16.3 Å². The molecule has 10 heteroatoms. The minimum absolute atomic E-state index is 0.299. The first-order chi connectivity index (χ1) is 15.9. The van der Waals surface area contributed by atoms with Crippen LogP contribution >= 0.6 is 11.6 Å². The topological polar surface area (TPSA) is 107 Å². The highest BCUT2D eigenvalue weighted by Gasteiger charge is 2.15. The molecule has 0 atom stereocenters. The van der Waals surface area contributed by atoms with Crippen LogP contribution < -0.4 is 21.1 Å². The first-order valence-corrected chi connectivity index (χ1v) is 10.4. The molecule has 0 bridgehead atoms. The Morgan fingerprint density at radius 3 is 2.64 bits per heavy atom. The number of fused-ring (bicyclic) bond motifs is 1. The molecule has 2 amide bonds. The third-order valence-electron chi connectivity index (χ3n) is 4.86. The summed E-state index contributed by atoms with van der Waals surface area (Å²) < 4.78 is 7.46. The maximum absolute atomic E-state index is 12.8. The van der Waals surface area contributed by atoms with E-state index in [0.717, 1.165) is 10.2 Å². The van der Waals surface area contributed by atoms with E-state index in [2.05, 4.69) is 15.7 Å². The van der Waals surface area contributed by atoms with E-state index >= 15 is 0 Å². The van der Waals surface area contributed by atoms with Gasteiger partial charge in [-0.25, -0.2) is 13.9 Å². The average molecular weight is 466 g/mol. The number of hydrogen-bond acceptors (Lipinski definition) is 5. The molecule has 168 valence electrons. The van der Waals surface area contributed by atoms with Gasteiger partial charge in [-0.2, -0.15) is 0 Å². The lowest BCUT2D eigenvalue weighted by atomic mass is 10.2. The lowest BCUT2D eigenvalue weighted by molar-refractivity contribution is -0.117. The van der Waals surface area contributed by atoms with Crippen molar-refractivity contribution in [2.45, 2.75) is 13.1 Å². The van der Waals surface area contributed by atoms with E-state index in [1.807, 2.05) is 30.3 Å². The third kappa shape index (κ3) is 5.04. The summed E-state index contributed by atoms with van der Waals surface area (Å²) >= 11 is 5.98. The summed E-state index contributed by atoms with van der Waals surface area (Å²) in [6, 6.07) is 17.4. The van der Waals surface area contributed by atoms with Gasteiger partial charge in [0, 0.05) is 17.8 Å². The Kier molecular flexibility index (Phi) is 6.41. The van der Waals surface area contributed by atoms with E-state index in [9.17, 15) is 14.4 Å². The zero-order valence-electron chi connectivity index (χ0n) is 17.6. The third-order valence-corrected chi connectivity index (χ3v) is 5.10. The van der Waals surface area contributed by atoms with Crippen LogP contribution in [0.25, 0.3) is 5.65 Å². The second-order valence-electron chi connectivity index (χ2n) is 7.15. The molecule has 33 heavy (non-hydrogen) atoms. The van der Waals surface area contributed by atoms with Crippen LogP contribution in [-0.4, -0.2) is 33.1 Å². The first-order valence-electron chi connectivity index (χ1n) is 9.99. The smallest absolute Gasteiger partial charge is 0.350 e. The fourth-order valence-electron chi connectivity index (χ4n) is 3.24. The molecule has 2 heterocycles. The van der Waals surface area contributed by atoms with Crippen LogP contribution in [-0.2, 0) is 17.9 Å². The van der Waals surface area contributed by atoms with Gasteiger partial charge in [-0.1, -0.05) is 41.9 Å². The Morgan fingerprint density at radius 1 is 1.09 bits per heavy atom. The van der Waals surface area contributed by atoms with E-state index in [1.54, 1.807) is 30.3 Å². The van der Waals surface area contributed by atoms with Crippen LogP contribution in [0, 0.1) is 0 Å². The van der Waals surface area contributed by atoms with E-state index < -0.39 is 11.6 Å². The zero-order chi connectivity index (χ0) is 23.4. The normalized spacial score (nSPS) is 10.7. The highest BCUT2D eigenvalue weighted by Crippen LogP contribution is 2.27. The Morgan fingerprint density at radius 2 is 1.88 bits per heavy atom. The number of halogens is 1. The van der Waals surface area contributed by atoms with Crippen molar-refractivity contribution in [3.63, 3.8) is 0 Å². The molecule has 0 saturated heterocycles. The summed E-state index contributed by atoms with van der Waals surface area (Å²) in [7, 11) is 1.47. The Hall–Kier alpha value is -4.11. The fraction of sp³-hybridized carbons (Fsp3) is 0.130. The minimum atomic E-state index is -0.545. The molecule has 0 fully saturated rings. The van der Waals surface area contributed by atoms with Gasteiger partial charge in [-0.05, 0) is 35.9 Å². The standard InChI is InChI=1S/C23H20ClN5O4/c1-33-19-9-8-17(24)11-18(19)26-21(30)14-29-23(32)28-13-16(7-10-20(28)27-29)22(31)25-12-15-5-3-2-4-6-15/h2-11,13H,12,14H2,1H3,(H,25,31)(H,26,30). The summed E-state index contributed by atoms with van der Waals surface area (Å²) in [5, 5.41) is 10.1. The number of amides is 2. The van der Waals surface area contributed by atoms with Gasteiger partial charge in [-0.15, -0.1) is 5.10 Å². The van der Waals surface area contributed by atoms with Gasteiger partial charge >= 0.3 is 5.69 Å². The number of ether oxygens (including phenoxy) is 1. The molecule has 0 aliphatic carbocycles. The molecule has 0 aliphatic heterocycles. The molecule has 2 N–H and O–H groups in total. The monoisotopic (exact) mass is 465 g/mol. The van der Waals surface area contributed by atoms with Gasteiger partial charge < -0.3 is 15.4 Å². The van der Waals surface area contributed by atoms with Crippen LogP contribution in [0.4, 0.5) is 5.69 Å². The Labute approximate surface area is 193 Å². The lowest BCUT2D eigenvalue weighted by Gasteiger charge is -2.10. The second kappa shape index (κ2) is 9.58. The number of nitrogens with one attached hydrogen (secondary N) is 2. The number of benzene rings is 2. The predicted octanol–water partition coefficient (Wildman–Crippen LogP) is 2.73. The summed E-state index contributed by atoms with van der Waals surface area (Å²) in [5.41, 5.74) is 1.40. The minimum Gasteiger partial charge on any atom is -0.495 e. The van der Waals surface area contributed by atoms with Crippen molar-refractivity contribution in [3.8, 4) is 5.75 Å². The molecular formula is C23H20ClN5O4. The maximum atomic E-state index is 12.8. The first kappa shape index (κ1) is 22.1. The van der Waals surface area contributed by atoms with Gasteiger partial charge in [0.15, 0.2) is 5.65 Å². The van der Waals surface area contributed by atoms with Crippen molar-refractivity contribution in [1.82, 2.24) is 19.5 Å².